The molecule has 0 aromatic heterocycles. The molecule has 0 radical (unpaired) electrons. The van der Waals surface area contributed by atoms with E-state index in [-0.39, 0.29) is 29.4 Å². The van der Waals surface area contributed by atoms with Crippen LogP contribution in [0.5, 0.6) is 0 Å². The average molecular weight is 280 g/mol. The van der Waals surface area contributed by atoms with Crippen LogP contribution in [-0.4, -0.2) is 49.1 Å². The van der Waals surface area contributed by atoms with Crippen LogP contribution in [0.1, 0.15) is 44.9 Å². The van der Waals surface area contributed by atoms with E-state index in [4.69, 9.17) is 4.74 Å². The zero-order valence-electron chi connectivity index (χ0n) is 12.2. The van der Waals surface area contributed by atoms with E-state index in [0.717, 1.165) is 25.7 Å². The van der Waals surface area contributed by atoms with E-state index in [1.54, 1.807) is 7.11 Å². The van der Waals surface area contributed by atoms with Crippen molar-refractivity contribution in [3.63, 3.8) is 0 Å². The molecule has 0 aromatic carbocycles. The number of amides is 2. The number of ether oxygens (including phenoxy) is 1. The van der Waals surface area contributed by atoms with Gasteiger partial charge in [0.25, 0.3) is 0 Å². The highest BCUT2D eigenvalue weighted by Crippen LogP contribution is 2.45. The van der Waals surface area contributed by atoms with Crippen molar-refractivity contribution in [1.82, 2.24) is 10.2 Å². The van der Waals surface area contributed by atoms with Crippen molar-refractivity contribution in [3.05, 3.63) is 0 Å². The van der Waals surface area contributed by atoms with Gasteiger partial charge in [0.15, 0.2) is 0 Å². The van der Waals surface area contributed by atoms with Crippen LogP contribution in [0.2, 0.25) is 0 Å². The van der Waals surface area contributed by atoms with Crippen molar-refractivity contribution >= 4 is 11.8 Å². The lowest BCUT2D eigenvalue weighted by atomic mass is 9.67. The number of likely N-dealkylation sites (tertiary alicyclic amines) is 1. The Bertz CT molecular complexity index is 384. The Hall–Kier alpha value is -0.940. The number of nitrogens with zero attached hydrogens (tertiary/aromatic N) is 1. The predicted molar refractivity (Wildman–Crippen MR) is 74.1 cm³/mol. The van der Waals surface area contributed by atoms with Crippen LogP contribution in [0.25, 0.3) is 0 Å². The summed E-state index contributed by atoms with van der Waals surface area (Å²) in [6.45, 7) is 1.37. The number of hydrogen-bond donors (Lipinski definition) is 1. The van der Waals surface area contributed by atoms with Crippen molar-refractivity contribution in [2.75, 3.05) is 20.2 Å². The third-order valence-electron chi connectivity index (χ3n) is 5.27. The Morgan fingerprint density at radius 3 is 2.35 bits per heavy atom. The molecule has 1 saturated carbocycles. The molecule has 1 spiro atoms. The van der Waals surface area contributed by atoms with Crippen LogP contribution in [0, 0.1) is 5.41 Å². The maximum atomic E-state index is 12.5. The SMILES string of the molecule is CO[C@H]1CNCC1N1C(=O)CC2(CCCCC2)CC1=O. The third kappa shape index (κ3) is 2.37. The summed E-state index contributed by atoms with van der Waals surface area (Å²) in [5, 5.41) is 3.21. The van der Waals surface area contributed by atoms with Gasteiger partial charge in [-0.15, -0.1) is 0 Å². The van der Waals surface area contributed by atoms with Gasteiger partial charge < -0.3 is 10.1 Å². The van der Waals surface area contributed by atoms with Crippen molar-refractivity contribution in [1.29, 1.82) is 0 Å². The smallest absolute Gasteiger partial charge is 0.230 e. The predicted octanol–water partition coefficient (Wildman–Crippen LogP) is 1.07. The van der Waals surface area contributed by atoms with Gasteiger partial charge >= 0.3 is 0 Å². The lowest BCUT2D eigenvalue weighted by Gasteiger charge is -2.44. The van der Waals surface area contributed by atoms with Crippen LogP contribution < -0.4 is 5.32 Å². The quantitative estimate of drug-likeness (QED) is 0.769. The first kappa shape index (κ1) is 14.0. The molecule has 5 heteroatoms. The summed E-state index contributed by atoms with van der Waals surface area (Å²) in [7, 11) is 1.65. The first-order valence-electron chi connectivity index (χ1n) is 7.74. The Morgan fingerprint density at radius 2 is 1.75 bits per heavy atom. The minimum atomic E-state index is -0.124. The second kappa shape index (κ2) is 5.45. The fourth-order valence-electron chi connectivity index (χ4n) is 4.18. The van der Waals surface area contributed by atoms with Crippen LogP contribution in [0.15, 0.2) is 0 Å². The highest BCUT2D eigenvalue weighted by molar-refractivity contribution is 5.99. The van der Waals surface area contributed by atoms with Gasteiger partial charge in [-0.1, -0.05) is 19.3 Å². The van der Waals surface area contributed by atoms with Gasteiger partial charge in [0, 0.05) is 33.0 Å². The number of carbonyl (C=O) groups is 2. The van der Waals surface area contributed by atoms with E-state index >= 15 is 0 Å². The Balaban J connectivity index is 1.75. The fourth-order valence-corrected chi connectivity index (χ4v) is 4.18. The summed E-state index contributed by atoms with van der Waals surface area (Å²) in [5.74, 6) is 0.0257. The minimum Gasteiger partial charge on any atom is -0.378 e. The molecule has 3 rings (SSSR count). The van der Waals surface area contributed by atoms with E-state index in [2.05, 4.69) is 5.32 Å². The molecule has 0 bridgehead atoms. The minimum absolute atomic E-state index is 0.0129. The highest BCUT2D eigenvalue weighted by Gasteiger charge is 2.48. The van der Waals surface area contributed by atoms with E-state index in [1.165, 1.54) is 11.3 Å². The van der Waals surface area contributed by atoms with Crippen LogP contribution in [-0.2, 0) is 14.3 Å². The summed E-state index contributed by atoms with van der Waals surface area (Å²) < 4.78 is 5.40. The number of imide groups is 1. The summed E-state index contributed by atoms with van der Waals surface area (Å²) in [6, 6.07) is -0.124. The van der Waals surface area contributed by atoms with Crippen molar-refractivity contribution < 1.29 is 14.3 Å². The first-order chi connectivity index (χ1) is 9.65. The number of rotatable bonds is 2. The first-order valence-corrected chi connectivity index (χ1v) is 7.74. The molecule has 2 aliphatic heterocycles. The monoisotopic (exact) mass is 280 g/mol. The molecule has 1 unspecified atom stereocenters. The van der Waals surface area contributed by atoms with E-state index in [0.29, 0.717) is 25.9 Å². The standard InChI is InChI=1S/C15H24N2O3/c1-20-12-10-16-9-11(12)17-13(18)7-15(8-14(17)19)5-3-2-4-6-15/h11-12,16H,2-10H2,1H3/t11?,12-/m0/s1. The molecule has 20 heavy (non-hydrogen) atoms. The van der Waals surface area contributed by atoms with Gasteiger partial charge in [0.1, 0.15) is 0 Å². The zero-order valence-corrected chi connectivity index (χ0v) is 12.2. The van der Waals surface area contributed by atoms with Crippen LogP contribution in [0.3, 0.4) is 0 Å². The molecule has 2 amide bonds. The van der Waals surface area contributed by atoms with Crippen LogP contribution >= 0.6 is 0 Å². The Kier molecular flexibility index (Phi) is 3.82. The van der Waals surface area contributed by atoms with Crippen LogP contribution in [0.4, 0.5) is 0 Å². The largest absolute Gasteiger partial charge is 0.378 e. The molecular formula is C15H24N2O3. The molecule has 3 fully saturated rings. The number of nitrogens with one attached hydrogen (secondary N) is 1. The maximum Gasteiger partial charge on any atom is 0.230 e. The fraction of sp³-hybridized carbons (Fsp3) is 0.867. The number of methoxy groups -OCH3 is 1. The maximum absolute atomic E-state index is 12.5. The third-order valence-corrected chi connectivity index (χ3v) is 5.27. The van der Waals surface area contributed by atoms with Gasteiger partial charge in [-0.25, -0.2) is 0 Å². The van der Waals surface area contributed by atoms with Gasteiger partial charge in [-0.2, -0.15) is 0 Å². The molecular weight excluding hydrogens is 256 g/mol. The number of hydrogen-bond acceptors (Lipinski definition) is 4. The van der Waals surface area contributed by atoms with E-state index in [9.17, 15) is 9.59 Å². The second-order valence-corrected chi connectivity index (χ2v) is 6.57. The van der Waals surface area contributed by atoms with Gasteiger partial charge in [0.2, 0.25) is 11.8 Å². The molecule has 3 aliphatic rings. The summed E-state index contributed by atoms with van der Waals surface area (Å²) in [4.78, 5) is 26.6. The lowest BCUT2D eigenvalue weighted by molar-refractivity contribution is -0.159. The normalized spacial score (nSPS) is 34.0. The molecule has 1 aliphatic carbocycles. The van der Waals surface area contributed by atoms with E-state index in [1.807, 2.05) is 0 Å². The Morgan fingerprint density at radius 1 is 1.10 bits per heavy atom. The summed E-state index contributed by atoms with van der Waals surface area (Å²) >= 11 is 0. The van der Waals surface area contributed by atoms with Crippen molar-refractivity contribution in [2.24, 2.45) is 5.41 Å². The lowest BCUT2D eigenvalue weighted by Crippen LogP contribution is -2.56. The molecule has 2 atom stereocenters. The van der Waals surface area contributed by atoms with Gasteiger partial charge in [0.05, 0.1) is 12.1 Å². The average Bonchev–Trinajstić information content (AvgIpc) is 2.86. The van der Waals surface area contributed by atoms with E-state index < -0.39 is 0 Å². The van der Waals surface area contributed by atoms with Crippen molar-refractivity contribution in [2.45, 2.75) is 57.1 Å². The Labute approximate surface area is 120 Å². The number of carbonyl (C=O) groups excluding carboxylic acids is 2. The zero-order chi connectivity index (χ0) is 14.2. The number of piperidine rings is 1. The molecule has 112 valence electrons. The summed E-state index contributed by atoms with van der Waals surface area (Å²) in [5.41, 5.74) is -0.0302. The molecule has 5 nitrogen and oxygen atoms in total. The van der Waals surface area contributed by atoms with Gasteiger partial charge in [-0.05, 0) is 18.3 Å². The van der Waals surface area contributed by atoms with Gasteiger partial charge in [-0.3, -0.25) is 14.5 Å². The summed E-state index contributed by atoms with van der Waals surface area (Å²) in [6.07, 6.45) is 6.66. The second-order valence-electron chi connectivity index (χ2n) is 6.57. The highest BCUT2D eigenvalue weighted by atomic mass is 16.5. The molecule has 1 N–H and O–H groups in total. The molecule has 0 aromatic rings. The van der Waals surface area contributed by atoms with Crippen molar-refractivity contribution in [3.8, 4) is 0 Å². The molecule has 2 saturated heterocycles. The molecule has 2 heterocycles. The topological polar surface area (TPSA) is 58.6 Å².